The summed E-state index contributed by atoms with van der Waals surface area (Å²) in [6.45, 7) is 3.47. The van der Waals surface area contributed by atoms with Gasteiger partial charge in [0.05, 0.1) is 12.7 Å². The third-order valence-electron chi connectivity index (χ3n) is 6.40. The monoisotopic (exact) mass is 519 g/mol. The van der Waals surface area contributed by atoms with Crippen molar-refractivity contribution in [3.63, 3.8) is 0 Å². The second-order valence-corrected chi connectivity index (χ2v) is 9.25. The smallest absolute Gasteiger partial charge is 0.217 e. The molecular weight excluding hydrogens is 482 g/mol. The van der Waals surface area contributed by atoms with Gasteiger partial charge in [0.2, 0.25) is 5.91 Å². The summed E-state index contributed by atoms with van der Waals surface area (Å²) in [7, 11) is 1.28. The summed E-state index contributed by atoms with van der Waals surface area (Å²) in [4.78, 5) is 47.6. The van der Waals surface area contributed by atoms with E-state index in [1.807, 2.05) is 0 Å². The zero-order valence-electron chi connectivity index (χ0n) is 20.9. The molecule has 0 aromatic rings. The van der Waals surface area contributed by atoms with E-state index < -0.39 is 79.5 Å². The molecule has 0 radical (unpaired) electrons. The Morgan fingerprint density at radius 2 is 1.53 bits per heavy atom. The van der Waals surface area contributed by atoms with Crippen molar-refractivity contribution in [2.45, 2.75) is 102 Å². The van der Waals surface area contributed by atoms with E-state index >= 15 is 0 Å². The van der Waals surface area contributed by atoms with Crippen LogP contribution in [0.5, 0.6) is 0 Å². The van der Waals surface area contributed by atoms with Crippen LogP contribution in [0, 0.1) is 5.92 Å². The van der Waals surface area contributed by atoms with Crippen LogP contribution in [0.4, 0.5) is 0 Å². The average molecular weight is 520 g/mol. The molecule has 0 aliphatic carbocycles. The van der Waals surface area contributed by atoms with Gasteiger partial charge in [0.15, 0.2) is 18.4 Å². The lowest BCUT2D eigenvalue weighted by atomic mass is 9.87. The van der Waals surface area contributed by atoms with Gasteiger partial charge in [0, 0.05) is 45.6 Å². The molecule has 10 atom stereocenters. The maximum Gasteiger partial charge on any atom is 0.217 e. The van der Waals surface area contributed by atoms with Crippen LogP contribution in [0.15, 0.2) is 0 Å². The van der Waals surface area contributed by atoms with Crippen molar-refractivity contribution in [3.05, 3.63) is 0 Å². The van der Waals surface area contributed by atoms with E-state index in [2.05, 4.69) is 5.32 Å². The third-order valence-corrected chi connectivity index (χ3v) is 6.40. The molecule has 0 saturated carbocycles. The summed E-state index contributed by atoms with van der Waals surface area (Å²) in [5, 5.41) is 44.0. The number of amides is 1. The van der Waals surface area contributed by atoms with Crippen molar-refractivity contribution >= 4 is 23.3 Å². The molecule has 2 rings (SSSR count). The molecule has 2 heterocycles. The van der Waals surface area contributed by atoms with E-state index in [-0.39, 0.29) is 37.2 Å². The normalized spacial score (nSPS) is 36.8. The van der Waals surface area contributed by atoms with Crippen LogP contribution in [0.2, 0.25) is 0 Å². The third kappa shape index (κ3) is 7.59. The molecule has 36 heavy (non-hydrogen) atoms. The Kier molecular flexibility index (Phi) is 11.5. The minimum absolute atomic E-state index is 0.0234. The Bertz CT molecular complexity index is 791. The number of hydrogen-bond donors (Lipinski definition) is 5. The highest BCUT2D eigenvalue weighted by atomic mass is 16.7. The van der Waals surface area contributed by atoms with Crippen LogP contribution >= 0.6 is 0 Å². The van der Waals surface area contributed by atoms with Gasteiger partial charge in [-0.25, -0.2) is 0 Å². The van der Waals surface area contributed by atoms with Crippen LogP contribution in [-0.2, 0) is 38.1 Å². The van der Waals surface area contributed by atoms with Crippen LogP contribution in [0.1, 0.15) is 46.5 Å². The molecule has 10 unspecified atom stereocenters. The van der Waals surface area contributed by atoms with Gasteiger partial charge in [-0.2, -0.15) is 0 Å². The predicted molar refractivity (Wildman–Crippen MR) is 120 cm³/mol. The first kappa shape index (κ1) is 30.4. The molecule has 2 aliphatic rings. The maximum atomic E-state index is 12.8. The molecule has 13 nitrogen and oxygen atoms in total. The summed E-state index contributed by atoms with van der Waals surface area (Å²) < 4.78 is 22.2. The molecular formula is C23H37NO12. The van der Waals surface area contributed by atoms with Gasteiger partial charge in [-0.3, -0.25) is 14.4 Å². The summed E-state index contributed by atoms with van der Waals surface area (Å²) in [6.07, 6.45) is -11.2. The summed E-state index contributed by atoms with van der Waals surface area (Å²) >= 11 is 0. The Labute approximate surface area is 209 Å². The van der Waals surface area contributed by atoms with Gasteiger partial charge >= 0.3 is 0 Å². The van der Waals surface area contributed by atoms with Gasteiger partial charge in [-0.05, 0) is 6.92 Å². The molecule has 2 aliphatic heterocycles. The summed E-state index contributed by atoms with van der Waals surface area (Å²) in [5.41, 5.74) is 0. The first-order valence-electron chi connectivity index (χ1n) is 11.9. The van der Waals surface area contributed by atoms with Crippen molar-refractivity contribution in [2.24, 2.45) is 5.92 Å². The number of methoxy groups -OCH3 is 1. The number of hydrogen-bond acceptors (Lipinski definition) is 12. The average Bonchev–Trinajstić information content (AvgIpc) is 2.83. The molecule has 206 valence electrons. The number of carbonyl (C=O) groups excluding carboxylic acids is 4. The summed E-state index contributed by atoms with van der Waals surface area (Å²) in [6, 6.07) is -1.09. The van der Waals surface area contributed by atoms with Crippen molar-refractivity contribution in [1.82, 2.24) is 5.32 Å². The Hall–Kier alpha value is -1.84. The van der Waals surface area contributed by atoms with E-state index in [1.54, 1.807) is 0 Å². The number of carbonyl (C=O) groups is 4. The molecule has 2 saturated heterocycles. The predicted octanol–water partition coefficient (Wildman–Crippen LogP) is -2.03. The van der Waals surface area contributed by atoms with Crippen molar-refractivity contribution in [2.75, 3.05) is 13.7 Å². The fourth-order valence-electron chi connectivity index (χ4n) is 4.30. The number of aliphatic hydroxyl groups is 4. The number of rotatable bonds is 12. The van der Waals surface area contributed by atoms with Crippen molar-refractivity contribution in [3.8, 4) is 0 Å². The Morgan fingerprint density at radius 1 is 0.889 bits per heavy atom. The quantitative estimate of drug-likeness (QED) is 0.190. The Morgan fingerprint density at radius 3 is 2.08 bits per heavy atom. The zero-order valence-corrected chi connectivity index (χ0v) is 20.9. The van der Waals surface area contributed by atoms with Gasteiger partial charge < -0.3 is 49.5 Å². The molecule has 0 aromatic heterocycles. The van der Waals surface area contributed by atoms with Gasteiger partial charge in [0.25, 0.3) is 0 Å². The number of aliphatic hydroxyl groups excluding tert-OH is 4. The molecule has 0 spiro atoms. The largest absolute Gasteiger partial charge is 0.394 e. The first-order chi connectivity index (χ1) is 16.9. The minimum atomic E-state index is -1.62. The van der Waals surface area contributed by atoms with Crippen LogP contribution < -0.4 is 5.32 Å². The van der Waals surface area contributed by atoms with Gasteiger partial charge in [-0.1, -0.05) is 6.92 Å². The molecule has 5 N–H and O–H groups in total. The highest BCUT2D eigenvalue weighted by Crippen LogP contribution is 2.32. The Balaban J connectivity index is 2.17. The fraction of sp³-hybridized carbons (Fsp3) is 0.826. The van der Waals surface area contributed by atoms with E-state index in [0.717, 1.165) is 0 Å². The number of nitrogens with one attached hydrogen (secondary N) is 1. The van der Waals surface area contributed by atoms with Crippen LogP contribution in [0.25, 0.3) is 0 Å². The topological polar surface area (TPSA) is 198 Å². The second-order valence-electron chi connectivity index (χ2n) is 9.25. The number of ketones is 3. The second kappa shape index (κ2) is 13.6. The number of ether oxygens (including phenoxy) is 4. The lowest BCUT2D eigenvalue weighted by molar-refractivity contribution is -0.331. The standard InChI is InChI=1S/C23H37NO12/c1-10(26)5-6-13(28)7-8-14(29)20-11(2)17(30)19(32)23(35-20)36-21-16(24-12(3)27)22(33-4)34-15(9-25)18(21)31/h11,15-23,25,30-32H,5-9H2,1-4H3,(H,24,27). The van der Waals surface area contributed by atoms with Gasteiger partial charge in [-0.15, -0.1) is 0 Å². The van der Waals surface area contributed by atoms with Crippen LogP contribution in [-0.4, -0.2) is 113 Å². The van der Waals surface area contributed by atoms with Gasteiger partial charge in [0.1, 0.15) is 48.1 Å². The van der Waals surface area contributed by atoms with Crippen molar-refractivity contribution < 1.29 is 58.6 Å². The lowest BCUT2D eigenvalue weighted by Crippen LogP contribution is -2.67. The SMILES string of the molecule is COC1OC(CO)C(O)C(OC2OC(C(=O)CCC(=O)CCC(C)=O)C(C)C(O)C2O)C1NC(C)=O. The zero-order chi connectivity index (χ0) is 27.2. The van der Waals surface area contributed by atoms with E-state index in [1.165, 1.54) is 27.9 Å². The highest BCUT2D eigenvalue weighted by molar-refractivity contribution is 5.90. The molecule has 13 heteroatoms. The maximum absolute atomic E-state index is 12.8. The highest BCUT2D eigenvalue weighted by Gasteiger charge is 2.51. The van der Waals surface area contributed by atoms with E-state index in [9.17, 15) is 39.6 Å². The van der Waals surface area contributed by atoms with Crippen LogP contribution in [0.3, 0.4) is 0 Å². The fourth-order valence-corrected chi connectivity index (χ4v) is 4.30. The molecule has 0 aromatic carbocycles. The molecule has 0 bridgehead atoms. The minimum Gasteiger partial charge on any atom is -0.394 e. The first-order valence-corrected chi connectivity index (χ1v) is 11.9. The van der Waals surface area contributed by atoms with Crippen molar-refractivity contribution in [1.29, 1.82) is 0 Å². The molecule has 1 amide bonds. The summed E-state index contributed by atoms with van der Waals surface area (Å²) in [5.74, 6) is -2.26. The number of Topliss-reactive ketones (excluding diaryl/α,β-unsaturated/α-hetero) is 3. The molecule has 2 fully saturated rings. The lowest BCUT2D eigenvalue weighted by Gasteiger charge is -2.47. The van der Waals surface area contributed by atoms with E-state index in [4.69, 9.17) is 18.9 Å². The van der Waals surface area contributed by atoms with E-state index in [0.29, 0.717) is 0 Å².